The zero-order valence-electron chi connectivity index (χ0n) is 27.0. The number of benzene rings is 7. The van der Waals surface area contributed by atoms with E-state index in [-0.39, 0.29) is 0 Å². The summed E-state index contributed by atoms with van der Waals surface area (Å²) in [5, 5.41) is 11.9. The summed E-state index contributed by atoms with van der Waals surface area (Å²) in [4.78, 5) is 1.42. The average molecular weight is 622 g/mol. The molecule has 0 amide bonds. The Morgan fingerprint density at radius 1 is 0.574 bits per heavy atom. The summed E-state index contributed by atoms with van der Waals surface area (Å²) in [6.07, 6.45) is 6.91. The maximum atomic E-state index is 2.51. The van der Waals surface area contributed by atoms with Gasteiger partial charge < -0.3 is 4.57 Å². The molecular weight excluding hydrogens is 587 g/mol. The lowest BCUT2D eigenvalue weighted by atomic mass is 9.92. The maximum Gasteiger partial charge on any atom is 0.0626 e. The van der Waals surface area contributed by atoms with Gasteiger partial charge in [-0.1, -0.05) is 123 Å². The normalized spacial score (nSPS) is 12.7. The van der Waals surface area contributed by atoms with Gasteiger partial charge in [-0.2, -0.15) is 0 Å². The SMILES string of the molecule is CC.Cc1cccc2c1c1ccc3c4ccccc4c4ccccc4c3c1n2-c1ccc(-c2cccc3c4c(sc23)C=CCC4)cc1. The molecule has 47 heavy (non-hydrogen) atoms. The van der Waals surface area contributed by atoms with Crippen molar-refractivity contribution in [2.45, 2.75) is 33.6 Å². The number of fused-ring (bicyclic) bond motifs is 13. The largest absolute Gasteiger partial charge is 0.309 e. The summed E-state index contributed by atoms with van der Waals surface area (Å²) in [7, 11) is 0. The van der Waals surface area contributed by atoms with Crippen molar-refractivity contribution >= 4 is 81.6 Å². The van der Waals surface area contributed by atoms with Crippen LogP contribution in [0.15, 0.2) is 127 Å². The van der Waals surface area contributed by atoms with Gasteiger partial charge in [0.25, 0.3) is 0 Å². The number of thiophene rings is 1. The topological polar surface area (TPSA) is 4.93 Å². The van der Waals surface area contributed by atoms with Gasteiger partial charge in [-0.15, -0.1) is 11.3 Å². The zero-order valence-corrected chi connectivity index (χ0v) is 27.8. The molecule has 0 N–H and O–H groups in total. The second kappa shape index (κ2) is 11.0. The van der Waals surface area contributed by atoms with E-state index in [9.17, 15) is 0 Å². The average Bonchev–Trinajstić information content (AvgIpc) is 3.69. The molecule has 1 aliphatic rings. The van der Waals surface area contributed by atoms with Gasteiger partial charge in [0.15, 0.2) is 0 Å². The Morgan fingerprint density at radius 3 is 1.98 bits per heavy atom. The standard InChI is InChI=1S/C43H29NS.C2H6/c1-26-10-8-18-38-40(26)37-25-24-35-32-13-3-2-11-30(32)31-12-4-5-15-34(31)41(35)42(37)44(38)28-22-20-27(21-23-28)29-16-9-17-36-33-14-6-7-19-39(33)45-43(29)36;1-2/h2-5,7-13,15-25H,6,14H2,1H3;1-2H3. The Hall–Kier alpha value is -5.18. The van der Waals surface area contributed by atoms with E-state index in [1.54, 1.807) is 0 Å². The minimum atomic E-state index is 1.13. The molecule has 7 aromatic carbocycles. The van der Waals surface area contributed by atoms with Crippen LogP contribution >= 0.6 is 11.3 Å². The Morgan fingerprint density at radius 2 is 1.21 bits per heavy atom. The predicted molar refractivity (Wildman–Crippen MR) is 208 cm³/mol. The Balaban J connectivity index is 0.00000149. The third-order valence-electron chi connectivity index (χ3n) is 9.98. The van der Waals surface area contributed by atoms with Gasteiger partial charge in [0, 0.05) is 31.4 Å². The van der Waals surface area contributed by atoms with Crippen LogP contribution in [0.4, 0.5) is 0 Å². The van der Waals surface area contributed by atoms with Crippen LogP contribution in [0.5, 0.6) is 0 Å². The fourth-order valence-corrected chi connectivity index (χ4v) is 9.32. The minimum absolute atomic E-state index is 1.13. The molecule has 1 aliphatic carbocycles. The molecule has 2 aromatic heterocycles. The maximum absolute atomic E-state index is 2.51. The van der Waals surface area contributed by atoms with Crippen LogP contribution in [0.25, 0.3) is 87.1 Å². The van der Waals surface area contributed by atoms with Gasteiger partial charge in [-0.05, 0) is 98.6 Å². The molecule has 0 spiro atoms. The fraction of sp³-hybridized carbons (Fsp3) is 0.111. The Kier molecular flexibility index (Phi) is 6.55. The molecular formula is C45H35NS. The van der Waals surface area contributed by atoms with Gasteiger partial charge in [0.05, 0.1) is 11.0 Å². The van der Waals surface area contributed by atoms with Crippen molar-refractivity contribution in [3.8, 4) is 16.8 Å². The Labute approximate surface area is 279 Å². The molecule has 0 saturated carbocycles. The first-order chi connectivity index (χ1) is 23.3. The smallest absolute Gasteiger partial charge is 0.0626 e. The van der Waals surface area contributed by atoms with Crippen LogP contribution in [0.1, 0.15) is 36.3 Å². The second-order valence-electron chi connectivity index (χ2n) is 12.4. The first kappa shape index (κ1) is 28.1. The van der Waals surface area contributed by atoms with Crippen molar-refractivity contribution in [2.75, 3.05) is 0 Å². The fourth-order valence-electron chi connectivity index (χ4n) is 8.01. The van der Waals surface area contributed by atoms with E-state index in [0.29, 0.717) is 0 Å². The van der Waals surface area contributed by atoms with Crippen molar-refractivity contribution in [1.29, 1.82) is 0 Å². The quantitative estimate of drug-likeness (QED) is 0.169. The molecule has 0 atom stereocenters. The molecule has 0 unspecified atom stereocenters. The van der Waals surface area contributed by atoms with Crippen molar-refractivity contribution < 1.29 is 0 Å². The highest BCUT2D eigenvalue weighted by Crippen LogP contribution is 2.45. The molecule has 10 rings (SSSR count). The first-order valence-corrected chi connectivity index (χ1v) is 17.7. The molecule has 1 nitrogen and oxygen atoms in total. The Bertz CT molecular complexity index is 2660. The number of aromatic nitrogens is 1. The molecule has 0 radical (unpaired) electrons. The number of hydrogen-bond acceptors (Lipinski definition) is 1. The highest BCUT2D eigenvalue weighted by Gasteiger charge is 2.20. The molecule has 0 bridgehead atoms. The van der Waals surface area contributed by atoms with Gasteiger partial charge in [0.1, 0.15) is 0 Å². The molecule has 0 fully saturated rings. The second-order valence-corrected chi connectivity index (χ2v) is 13.4. The molecule has 2 heterocycles. The van der Waals surface area contributed by atoms with E-state index in [1.165, 1.54) is 97.0 Å². The van der Waals surface area contributed by atoms with Crippen LogP contribution in [-0.2, 0) is 6.42 Å². The minimum Gasteiger partial charge on any atom is -0.309 e. The van der Waals surface area contributed by atoms with Crippen LogP contribution in [0.3, 0.4) is 0 Å². The van der Waals surface area contributed by atoms with Crippen molar-refractivity contribution in [3.05, 3.63) is 143 Å². The van der Waals surface area contributed by atoms with Crippen molar-refractivity contribution in [2.24, 2.45) is 0 Å². The van der Waals surface area contributed by atoms with Crippen molar-refractivity contribution in [1.82, 2.24) is 4.57 Å². The summed E-state index contributed by atoms with van der Waals surface area (Å²) in [5.41, 5.74) is 9.14. The lowest BCUT2D eigenvalue weighted by molar-refractivity contribution is 1.01. The van der Waals surface area contributed by atoms with Crippen LogP contribution in [-0.4, -0.2) is 4.57 Å². The van der Waals surface area contributed by atoms with Crippen molar-refractivity contribution in [3.63, 3.8) is 0 Å². The van der Waals surface area contributed by atoms with Gasteiger partial charge in [0.2, 0.25) is 0 Å². The third kappa shape index (κ3) is 4.08. The summed E-state index contributed by atoms with van der Waals surface area (Å²) < 4.78 is 3.92. The summed E-state index contributed by atoms with van der Waals surface area (Å²) >= 11 is 1.94. The van der Waals surface area contributed by atoms with Crippen LogP contribution < -0.4 is 0 Å². The zero-order chi connectivity index (χ0) is 31.6. The lowest BCUT2D eigenvalue weighted by Crippen LogP contribution is -1.95. The number of aryl methyl sites for hydroxylation is 2. The van der Waals surface area contributed by atoms with Gasteiger partial charge in [-0.3, -0.25) is 0 Å². The molecule has 2 heteroatoms. The van der Waals surface area contributed by atoms with E-state index < -0.39 is 0 Å². The molecule has 226 valence electrons. The first-order valence-electron chi connectivity index (χ1n) is 16.8. The van der Waals surface area contributed by atoms with Gasteiger partial charge >= 0.3 is 0 Å². The lowest BCUT2D eigenvalue weighted by Gasteiger charge is -2.15. The molecule has 9 aromatic rings. The van der Waals surface area contributed by atoms with E-state index in [0.717, 1.165) is 12.8 Å². The number of hydrogen-bond donors (Lipinski definition) is 0. The molecule has 0 saturated heterocycles. The number of rotatable bonds is 2. The van der Waals surface area contributed by atoms with Crippen LogP contribution in [0, 0.1) is 6.92 Å². The van der Waals surface area contributed by atoms with E-state index in [4.69, 9.17) is 0 Å². The van der Waals surface area contributed by atoms with Gasteiger partial charge in [-0.25, -0.2) is 0 Å². The third-order valence-corrected chi connectivity index (χ3v) is 11.2. The number of nitrogens with zero attached hydrogens (tertiary/aromatic N) is 1. The predicted octanol–water partition coefficient (Wildman–Crippen LogP) is 13.4. The number of allylic oxidation sites excluding steroid dienone is 1. The van der Waals surface area contributed by atoms with E-state index in [2.05, 4.69) is 145 Å². The highest BCUT2D eigenvalue weighted by molar-refractivity contribution is 7.20. The summed E-state index contributed by atoms with van der Waals surface area (Å²) in [6.45, 7) is 6.24. The monoisotopic (exact) mass is 621 g/mol. The summed E-state index contributed by atoms with van der Waals surface area (Å²) in [5.74, 6) is 0. The summed E-state index contributed by atoms with van der Waals surface area (Å²) in [6, 6.07) is 45.4. The van der Waals surface area contributed by atoms with Crippen LogP contribution in [0.2, 0.25) is 0 Å². The van der Waals surface area contributed by atoms with E-state index in [1.807, 2.05) is 25.2 Å². The highest BCUT2D eigenvalue weighted by atomic mass is 32.1. The van der Waals surface area contributed by atoms with E-state index >= 15 is 0 Å². The molecule has 0 aliphatic heterocycles.